The Kier molecular flexibility index (Phi) is 6.53. The molecule has 0 unspecified atom stereocenters. The van der Waals surface area contributed by atoms with Crippen molar-refractivity contribution in [2.45, 2.75) is 6.42 Å². The van der Waals surface area contributed by atoms with Gasteiger partial charge in [-0.3, -0.25) is 9.59 Å². The van der Waals surface area contributed by atoms with E-state index in [2.05, 4.69) is 0 Å². The molecule has 1 aliphatic heterocycles. The van der Waals surface area contributed by atoms with Crippen molar-refractivity contribution in [3.8, 4) is 0 Å². The lowest BCUT2D eigenvalue weighted by molar-refractivity contribution is 0.0719. The summed E-state index contributed by atoms with van der Waals surface area (Å²) >= 11 is 24.6. The molecule has 27 heavy (non-hydrogen) atoms. The van der Waals surface area contributed by atoms with E-state index in [-0.39, 0.29) is 22.9 Å². The largest absolute Gasteiger partial charge is 0.337 e. The highest BCUT2D eigenvalue weighted by atomic mass is 35.5. The fourth-order valence-corrected chi connectivity index (χ4v) is 4.16. The van der Waals surface area contributed by atoms with Crippen LogP contribution in [0.25, 0.3) is 0 Å². The number of carbonyl (C=O) groups is 2. The lowest BCUT2D eigenvalue weighted by Gasteiger charge is -2.23. The van der Waals surface area contributed by atoms with E-state index < -0.39 is 0 Å². The van der Waals surface area contributed by atoms with Crippen molar-refractivity contribution in [1.29, 1.82) is 0 Å². The normalized spacial score (nSPS) is 14.8. The van der Waals surface area contributed by atoms with Crippen LogP contribution in [0.3, 0.4) is 0 Å². The second-order valence-corrected chi connectivity index (χ2v) is 7.76. The zero-order valence-electron chi connectivity index (χ0n) is 14.2. The highest BCUT2D eigenvalue weighted by Crippen LogP contribution is 2.28. The Balaban J connectivity index is 1.76. The highest BCUT2D eigenvalue weighted by molar-refractivity contribution is 6.40. The number of rotatable bonds is 2. The van der Waals surface area contributed by atoms with Crippen LogP contribution in [0.2, 0.25) is 20.1 Å². The van der Waals surface area contributed by atoms with Gasteiger partial charge in [0.25, 0.3) is 11.8 Å². The quantitative estimate of drug-likeness (QED) is 0.630. The minimum Gasteiger partial charge on any atom is -0.337 e. The van der Waals surface area contributed by atoms with Crippen molar-refractivity contribution in [2.75, 3.05) is 26.2 Å². The maximum absolute atomic E-state index is 12.9. The predicted molar refractivity (Wildman–Crippen MR) is 109 cm³/mol. The Morgan fingerprint density at radius 1 is 0.630 bits per heavy atom. The number of carbonyl (C=O) groups excluding carboxylic acids is 2. The van der Waals surface area contributed by atoms with Gasteiger partial charge < -0.3 is 9.80 Å². The summed E-state index contributed by atoms with van der Waals surface area (Å²) in [4.78, 5) is 29.0. The second-order valence-electron chi connectivity index (χ2n) is 6.13. The minimum absolute atomic E-state index is 0.240. The van der Waals surface area contributed by atoms with Crippen LogP contribution in [0, 0.1) is 0 Å². The van der Waals surface area contributed by atoms with E-state index in [0.29, 0.717) is 52.7 Å². The molecule has 0 N–H and O–H groups in total. The summed E-state index contributed by atoms with van der Waals surface area (Å²) in [6.07, 6.45) is 0.627. The third-order valence-electron chi connectivity index (χ3n) is 4.42. The molecule has 1 aliphatic rings. The predicted octanol–water partition coefficient (Wildman–Crippen LogP) is 5.29. The van der Waals surface area contributed by atoms with Gasteiger partial charge in [-0.25, -0.2) is 0 Å². The summed E-state index contributed by atoms with van der Waals surface area (Å²) in [5.74, 6) is -0.480. The van der Waals surface area contributed by atoms with Crippen molar-refractivity contribution in [2.24, 2.45) is 0 Å². The molecule has 2 aromatic carbocycles. The average Bonchev–Trinajstić information content (AvgIpc) is 2.87. The van der Waals surface area contributed by atoms with Gasteiger partial charge in [0.05, 0.1) is 31.2 Å². The summed E-state index contributed by atoms with van der Waals surface area (Å²) in [5, 5.41) is 1.25. The van der Waals surface area contributed by atoms with Crippen LogP contribution in [-0.2, 0) is 0 Å². The summed E-state index contributed by atoms with van der Waals surface area (Å²) < 4.78 is 0. The molecule has 0 aromatic heterocycles. The van der Waals surface area contributed by atoms with E-state index >= 15 is 0 Å². The molecule has 0 radical (unpaired) electrons. The first-order valence-corrected chi connectivity index (χ1v) is 9.88. The van der Waals surface area contributed by atoms with E-state index in [1.807, 2.05) is 0 Å². The van der Waals surface area contributed by atoms with Crippen LogP contribution in [-0.4, -0.2) is 47.8 Å². The molecule has 0 spiro atoms. The van der Waals surface area contributed by atoms with Crippen LogP contribution >= 0.6 is 46.4 Å². The number of hydrogen-bond acceptors (Lipinski definition) is 2. The third-order valence-corrected chi connectivity index (χ3v) is 5.68. The topological polar surface area (TPSA) is 40.6 Å². The maximum Gasteiger partial charge on any atom is 0.256 e. The zero-order chi connectivity index (χ0) is 19.6. The Bertz CT molecular complexity index is 776. The van der Waals surface area contributed by atoms with Crippen molar-refractivity contribution < 1.29 is 9.59 Å². The molecule has 0 aliphatic carbocycles. The van der Waals surface area contributed by atoms with Crippen LogP contribution in [0.4, 0.5) is 0 Å². The molecule has 1 saturated heterocycles. The lowest BCUT2D eigenvalue weighted by Crippen LogP contribution is -2.37. The molecule has 0 bridgehead atoms. The molecule has 4 nitrogen and oxygen atoms in total. The molecule has 1 fully saturated rings. The molecular weight excluding hydrogens is 430 g/mol. The van der Waals surface area contributed by atoms with E-state index in [1.165, 1.54) is 0 Å². The Hall–Kier alpha value is -1.46. The highest BCUT2D eigenvalue weighted by Gasteiger charge is 2.27. The fourth-order valence-electron chi connectivity index (χ4n) is 3.04. The van der Waals surface area contributed by atoms with Gasteiger partial charge in [-0.2, -0.15) is 0 Å². The van der Waals surface area contributed by atoms with E-state index in [9.17, 15) is 9.59 Å². The van der Waals surface area contributed by atoms with Crippen molar-refractivity contribution >= 4 is 58.2 Å². The Morgan fingerprint density at radius 3 is 1.30 bits per heavy atom. The van der Waals surface area contributed by atoms with Crippen molar-refractivity contribution in [1.82, 2.24) is 9.80 Å². The Labute approximate surface area is 177 Å². The van der Waals surface area contributed by atoms with Gasteiger partial charge in [0, 0.05) is 26.2 Å². The summed E-state index contributed by atoms with van der Waals surface area (Å²) in [6.45, 7) is 1.74. The SMILES string of the molecule is O=C(c1c(Cl)cccc1Cl)N1CCCN(C(=O)c2c(Cl)cccc2Cl)CC1. The molecule has 2 amide bonds. The first kappa shape index (κ1) is 20.3. The van der Waals surface area contributed by atoms with Crippen LogP contribution in [0.1, 0.15) is 27.1 Å². The monoisotopic (exact) mass is 444 g/mol. The molecule has 2 aromatic rings. The number of halogens is 4. The summed E-state index contributed by atoms with van der Waals surface area (Å²) in [5.41, 5.74) is 0.574. The second kappa shape index (κ2) is 8.70. The van der Waals surface area contributed by atoms with Gasteiger partial charge in [-0.1, -0.05) is 58.5 Å². The molecule has 0 saturated carbocycles. The molecule has 0 atom stereocenters. The van der Waals surface area contributed by atoms with Crippen LogP contribution in [0.15, 0.2) is 36.4 Å². The molecule has 3 rings (SSSR count). The van der Waals surface area contributed by atoms with Gasteiger partial charge >= 0.3 is 0 Å². The van der Waals surface area contributed by atoms with Gasteiger partial charge in [0.1, 0.15) is 0 Å². The number of amides is 2. The fraction of sp³-hybridized carbons (Fsp3) is 0.263. The van der Waals surface area contributed by atoms with Crippen LogP contribution < -0.4 is 0 Å². The zero-order valence-corrected chi connectivity index (χ0v) is 17.2. The first-order chi connectivity index (χ1) is 12.9. The number of benzene rings is 2. The summed E-state index contributed by atoms with van der Waals surface area (Å²) in [6, 6.07) is 9.91. The molecule has 142 valence electrons. The van der Waals surface area contributed by atoms with Gasteiger partial charge in [-0.05, 0) is 30.7 Å². The third kappa shape index (κ3) is 4.35. The summed E-state index contributed by atoms with van der Waals surface area (Å²) in [7, 11) is 0. The molecule has 1 heterocycles. The van der Waals surface area contributed by atoms with E-state index in [4.69, 9.17) is 46.4 Å². The Morgan fingerprint density at radius 2 is 0.963 bits per heavy atom. The smallest absolute Gasteiger partial charge is 0.256 e. The van der Waals surface area contributed by atoms with Crippen molar-refractivity contribution in [3.63, 3.8) is 0 Å². The standard InChI is InChI=1S/C19H16Cl4N2O2/c20-12-4-1-5-13(21)16(12)18(26)24-8-3-9-25(11-10-24)19(27)17-14(22)6-2-7-15(17)23/h1-2,4-7H,3,8-11H2. The van der Waals surface area contributed by atoms with Gasteiger partial charge in [0.15, 0.2) is 0 Å². The molecular formula is C19H16Cl4N2O2. The lowest BCUT2D eigenvalue weighted by atomic mass is 10.2. The average molecular weight is 446 g/mol. The van der Waals surface area contributed by atoms with Gasteiger partial charge in [0.2, 0.25) is 0 Å². The van der Waals surface area contributed by atoms with Gasteiger partial charge in [-0.15, -0.1) is 0 Å². The first-order valence-electron chi connectivity index (χ1n) is 8.36. The van der Waals surface area contributed by atoms with Crippen LogP contribution in [0.5, 0.6) is 0 Å². The van der Waals surface area contributed by atoms with E-state index in [1.54, 1.807) is 46.2 Å². The minimum atomic E-state index is -0.240. The maximum atomic E-state index is 12.9. The molecule has 8 heteroatoms. The number of nitrogens with zero attached hydrogens (tertiary/aromatic N) is 2. The van der Waals surface area contributed by atoms with Crippen molar-refractivity contribution in [3.05, 3.63) is 67.6 Å². The number of hydrogen-bond donors (Lipinski definition) is 0. The van der Waals surface area contributed by atoms with E-state index in [0.717, 1.165) is 0 Å².